The van der Waals surface area contributed by atoms with Gasteiger partial charge in [0.1, 0.15) is 0 Å². The molecule has 0 bridgehead atoms. The molecule has 2 nitrogen and oxygen atoms in total. The van der Waals surface area contributed by atoms with Crippen LogP contribution in [0.1, 0.15) is 21.5 Å². The van der Waals surface area contributed by atoms with Gasteiger partial charge in [0.2, 0.25) is 0 Å². The van der Waals surface area contributed by atoms with Gasteiger partial charge < -0.3 is 4.90 Å². The van der Waals surface area contributed by atoms with E-state index < -0.39 is 0 Å². The van der Waals surface area contributed by atoms with Crippen molar-refractivity contribution in [3.63, 3.8) is 0 Å². The van der Waals surface area contributed by atoms with Crippen molar-refractivity contribution < 1.29 is 4.79 Å². The Hall–Kier alpha value is -1.13. The molecule has 0 aliphatic heterocycles. The molecule has 0 heterocycles. The monoisotopic (exact) mass is 395 g/mol. The third-order valence-corrected chi connectivity index (χ3v) is 4.50. The van der Waals surface area contributed by atoms with Gasteiger partial charge in [-0.3, -0.25) is 4.79 Å². The Morgan fingerprint density at radius 1 is 1.10 bits per heavy atom. The van der Waals surface area contributed by atoms with Crippen LogP contribution in [-0.2, 0) is 6.54 Å². The molecule has 0 spiro atoms. The molecule has 1 amide bonds. The van der Waals surface area contributed by atoms with Crippen molar-refractivity contribution in [3.05, 3.63) is 68.1 Å². The fourth-order valence-electron chi connectivity index (χ4n) is 1.95. The van der Waals surface area contributed by atoms with Crippen LogP contribution in [-0.4, -0.2) is 17.9 Å². The summed E-state index contributed by atoms with van der Waals surface area (Å²) in [6.07, 6.45) is 0. The van der Waals surface area contributed by atoms with Gasteiger partial charge in [0.05, 0.1) is 5.56 Å². The van der Waals surface area contributed by atoms with Gasteiger partial charge in [-0.1, -0.05) is 40.2 Å². The van der Waals surface area contributed by atoms with Crippen LogP contribution < -0.4 is 0 Å². The summed E-state index contributed by atoms with van der Waals surface area (Å²) in [6.45, 7) is 2.57. The maximum Gasteiger partial charge on any atom is 0.255 e. The standard InChI is InChI=1S/C16H15Br2NO/c1-11-7-8-13(15(18)9-11)16(20)19(2)10-12-5-3-4-6-14(12)17/h3-9H,10H2,1-2H3. The number of aryl methyl sites for hydroxylation is 1. The van der Waals surface area contributed by atoms with Crippen LogP contribution in [0.25, 0.3) is 0 Å². The Labute approximate surface area is 136 Å². The van der Waals surface area contributed by atoms with E-state index >= 15 is 0 Å². The molecule has 0 atom stereocenters. The van der Waals surface area contributed by atoms with Crippen molar-refractivity contribution >= 4 is 37.8 Å². The van der Waals surface area contributed by atoms with Crippen molar-refractivity contribution in [1.82, 2.24) is 4.90 Å². The van der Waals surface area contributed by atoms with Crippen LogP contribution in [0.3, 0.4) is 0 Å². The highest BCUT2D eigenvalue weighted by Gasteiger charge is 2.15. The number of carbonyl (C=O) groups is 1. The number of amides is 1. The lowest BCUT2D eigenvalue weighted by molar-refractivity contribution is 0.0784. The van der Waals surface area contributed by atoms with Gasteiger partial charge in [-0.25, -0.2) is 0 Å². The van der Waals surface area contributed by atoms with Crippen LogP contribution in [0.4, 0.5) is 0 Å². The zero-order valence-electron chi connectivity index (χ0n) is 11.4. The number of hydrogen-bond donors (Lipinski definition) is 0. The largest absolute Gasteiger partial charge is 0.337 e. The minimum absolute atomic E-state index is 0.00706. The quantitative estimate of drug-likeness (QED) is 0.730. The second-order valence-corrected chi connectivity index (χ2v) is 6.44. The maximum atomic E-state index is 12.5. The Bertz CT molecular complexity index is 640. The van der Waals surface area contributed by atoms with Crippen molar-refractivity contribution in [3.8, 4) is 0 Å². The van der Waals surface area contributed by atoms with Crippen molar-refractivity contribution in [2.24, 2.45) is 0 Å². The lowest BCUT2D eigenvalue weighted by atomic mass is 10.1. The minimum atomic E-state index is 0.00706. The lowest BCUT2D eigenvalue weighted by Crippen LogP contribution is -2.26. The summed E-state index contributed by atoms with van der Waals surface area (Å²) in [7, 11) is 1.81. The summed E-state index contributed by atoms with van der Waals surface area (Å²) in [5.74, 6) is 0.00706. The van der Waals surface area contributed by atoms with E-state index in [4.69, 9.17) is 0 Å². The molecule has 0 aliphatic carbocycles. The van der Waals surface area contributed by atoms with Crippen LogP contribution in [0.2, 0.25) is 0 Å². The number of rotatable bonds is 3. The first-order valence-electron chi connectivity index (χ1n) is 6.24. The first-order valence-corrected chi connectivity index (χ1v) is 7.82. The molecular weight excluding hydrogens is 382 g/mol. The highest BCUT2D eigenvalue weighted by Crippen LogP contribution is 2.22. The number of halogens is 2. The molecule has 2 rings (SSSR count). The Morgan fingerprint density at radius 3 is 2.45 bits per heavy atom. The normalized spacial score (nSPS) is 10.4. The molecule has 0 saturated heterocycles. The zero-order valence-corrected chi connectivity index (χ0v) is 14.5. The van der Waals surface area contributed by atoms with E-state index in [1.54, 1.807) is 4.90 Å². The third kappa shape index (κ3) is 3.49. The van der Waals surface area contributed by atoms with E-state index in [1.165, 1.54) is 0 Å². The molecule has 104 valence electrons. The smallest absolute Gasteiger partial charge is 0.255 e. The molecule has 0 aromatic heterocycles. The minimum Gasteiger partial charge on any atom is -0.337 e. The van der Waals surface area contributed by atoms with E-state index in [0.29, 0.717) is 12.1 Å². The second kappa shape index (κ2) is 6.55. The van der Waals surface area contributed by atoms with Gasteiger partial charge in [-0.05, 0) is 52.2 Å². The molecule has 0 fully saturated rings. The molecule has 0 N–H and O–H groups in total. The molecule has 0 aliphatic rings. The van der Waals surface area contributed by atoms with Gasteiger partial charge in [0, 0.05) is 22.5 Å². The third-order valence-electron chi connectivity index (χ3n) is 3.07. The average molecular weight is 397 g/mol. The number of hydrogen-bond acceptors (Lipinski definition) is 1. The SMILES string of the molecule is Cc1ccc(C(=O)N(C)Cc2ccccc2Br)c(Br)c1. The molecule has 0 radical (unpaired) electrons. The van der Waals surface area contributed by atoms with E-state index in [1.807, 2.05) is 56.4 Å². The van der Waals surface area contributed by atoms with E-state index in [-0.39, 0.29) is 5.91 Å². The average Bonchev–Trinajstić information content (AvgIpc) is 2.40. The molecular formula is C16H15Br2NO. The zero-order chi connectivity index (χ0) is 14.7. The van der Waals surface area contributed by atoms with E-state index in [2.05, 4.69) is 31.9 Å². The molecule has 0 unspecified atom stereocenters. The van der Waals surface area contributed by atoms with Gasteiger partial charge in [0.25, 0.3) is 5.91 Å². The molecule has 20 heavy (non-hydrogen) atoms. The summed E-state index contributed by atoms with van der Waals surface area (Å²) in [5.41, 5.74) is 2.90. The number of carbonyl (C=O) groups excluding carboxylic acids is 1. The van der Waals surface area contributed by atoms with Gasteiger partial charge >= 0.3 is 0 Å². The maximum absolute atomic E-state index is 12.5. The van der Waals surface area contributed by atoms with Crippen molar-refractivity contribution in [2.75, 3.05) is 7.05 Å². The van der Waals surface area contributed by atoms with Gasteiger partial charge in [-0.15, -0.1) is 0 Å². The van der Waals surface area contributed by atoms with Gasteiger partial charge in [0.15, 0.2) is 0 Å². The summed E-state index contributed by atoms with van der Waals surface area (Å²) in [6, 6.07) is 13.7. The summed E-state index contributed by atoms with van der Waals surface area (Å²) < 4.78 is 1.85. The Morgan fingerprint density at radius 2 is 1.80 bits per heavy atom. The topological polar surface area (TPSA) is 20.3 Å². The first kappa shape index (κ1) is 15.3. The highest BCUT2D eigenvalue weighted by molar-refractivity contribution is 9.10. The summed E-state index contributed by atoms with van der Waals surface area (Å²) in [4.78, 5) is 14.2. The van der Waals surface area contributed by atoms with E-state index in [0.717, 1.165) is 20.1 Å². The summed E-state index contributed by atoms with van der Waals surface area (Å²) >= 11 is 6.97. The molecule has 4 heteroatoms. The highest BCUT2D eigenvalue weighted by atomic mass is 79.9. The fraction of sp³-hybridized carbons (Fsp3) is 0.188. The van der Waals surface area contributed by atoms with Crippen LogP contribution >= 0.6 is 31.9 Å². The summed E-state index contributed by atoms with van der Waals surface area (Å²) in [5, 5.41) is 0. The predicted molar refractivity (Wildman–Crippen MR) is 88.8 cm³/mol. The molecule has 2 aromatic carbocycles. The first-order chi connectivity index (χ1) is 9.49. The number of nitrogens with zero attached hydrogens (tertiary/aromatic N) is 1. The van der Waals surface area contributed by atoms with Crippen molar-refractivity contribution in [2.45, 2.75) is 13.5 Å². The predicted octanol–water partition coefficient (Wildman–Crippen LogP) is 4.79. The van der Waals surface area contributed by atoms with Crippen LogP contribution in [0.5, 0.6) is 0 Å². The Kier molecular flexibility index (Phi) is 5.00. The second-order valence-electron chi connectivity index (χ2n) is 4.74. The van der Waals surface area contributed by atoms with E-state index in [9.17, 15) is 4.79 Å². The Balaban J connectivity index is 2.19. The van der Waals surface area contributed by atoms with Crippen LogP contribution in [0.15, 0.2) is 51.4 Å². The molecule has 2 aromatic rings. The fourth-order valence-corrected chi connectivity index (χ4v) is 3.03. The van der Waals surface area contributed by atoms with Gasteiger partial charge in [-0.2, -0.15) is 0 Å². The number of benzene rings is 2. The lowest BCUT2D eigenvalue weighted by Gasteiger charge is -2.19. The van der Waals surface area contributed by atoms with Crippen LogP contribution in [0, 0.1) is 6.92 Å². The van der Waals surface area contributed by atoms with Crippen molar-refractivity contribution in [1.29, 1.82) is 0 Å². The molecule has 0 saturated carbocycles.